The number of aryl methyl sites for hydroxylation is 2. The van der Waals surface area contributed by atoms with Crippen molar-refractivity contribution < 1.29 is 0 Å². The lowest BCUT2D eigenvalue weighted by Crippen LogP contribution is -2.33. The summed E-state index contributed by atoms with van der Waals surface area (Å²) in [6.45, 7) is 6.32. The second kappa shape index (κ2) is 6.28. The van der Waals surface area contributed by atoms with Crippen molar-refractivity contribution in [2.75, 3.05) is 25.5 Å². The largest absolute Gasteiger partial charge is 0.368 e. The average molecular weight is 304 g/mol. The molecule has 1 aliphatic carbocycles. The molecule has 2 heterocycles. The summed E-state index contributed by atoms with van der Waals surface area (Å²) in [5.74, 6) is 0.988. The molecule has 0 radical (unpaired) electrons. The number of likely N-dealkylation sites (N-methyl/N-ethyl adjacent to an activating group) is 1. The zero-order chi connectivity index (χ0) is 14.8. The van der Waals surface area contributed by atoms with Gasteiger partial charge in [-0.1, -0.05) is 12.8 Å². The molecule has 5 heteroatoms. The van der Waals surface area contributed by atoms with Gasteiger partial charge >= 0.3 is 0 Å². The van der Waals surface area contributed by atoms with E-state index in [2.05, 4.69) is 41.1 Å². The summed E-state index contributed by atoms with van der Waals surface area (Å²) >= 11 is 1.75. The molecule has 0 bridgehead atoms. The molecular weight excluding hydrogens is 280 g/mol. The first kappa shape index (κ1) is 14.7. The first-order chi connectivity index (χ1) is 10.2. The van der Waals surface area contributed by atoms with Crippen LogP contribution in [0.1, 0.15) is 36.1 Å². The summed E-state index contributed by atoms with van der Waals surface area (Å²) in [5, 5.41) is 4.71. The van der Waals surface area contributed by atoms with Crippen LogP contribution >= 0.6 is 11.3 Å². The SMILES string of the molecule is Cc1sc2ncnc(NCCN(C)C3CCCC3)c2c1C. The Kier molecular flexibility index (Phi) is 4.40. The molecule has 1 aliphatic rings. The Morgan fingerprint density at radius 3 is 2.81 bits per heavy atom. The molecule has 0 aliphatic heterocycles. The predicted molar refractivity (Wildman–Crippen MR) is 90.3 cm³/mol. The molecule has 0 amide bonds. The van der Waals surface area contributed by atoms with Crippen molar-refractivity contribution in [2.24, 2.45) is 0 Å². The van der Waals surface area contributed by atoms with E-state index in [-0.39, 0.29) is 0 Å². The van der Waals surface area contributed by atoms with Crippen molar-refractivity contribution in [3.05, 3.63) is 16.8 Å². The number of hydrogen-bond acceptors (Lipinski definition) is 5. The quantitative estimate of drug-likeness (QED) is 0.916. The second-order valence-corrected chi connectivity index (χ2v) is 7.23. The fraction of sp³-hybridized carbons (Fsp3) is 0.625. The van der Waals surface area contributed by atoms with Gasteiger partial charge in [0.2, 0.25) is 0 Å². The Hall–Kier alpha value is -1.20. The van der Waals surface area contributed by atoms with Crippen LogP contribution in [0, 0.1) is 13.8 Å². The molecule has 21 heavy (non-hydrogen) atoms. The van der Waals surface area contributed by atoms with Crippen molar-refractivity contribution in [3.63, 3.8) is 0 Å². The van der Waals surface area contributed by atoms with Crippen LogP contribution in [0.3, 0.4) is 0 Å². The smallest absolute Gasteiger partial charge is 0.138 e. The van der Waals surface area contributed by atoms with Gasteiger partial charge in [-0.05, 0) is 39.3 Å². The van der Waals surface area contributed by atoms with E-state index < -0.39 is 0 Å². The normalized spacial score (nSPS) is 16.2. The Balaban J connectivity index is 1.65. The molecule has 4 nitrogen and oxygen atoms in total. The Morgan fingerprint density at radius 2 is 2.05 bits per heavy atom. The summed E-state index contributed by atoms with van der Waals surface area (Å²) in [4.78, 5) is 13.7. The lowest BCUT2D eigenvalue weighted by Gasteiger charge is -2.24. The number of hydrogen-bond donors (Lipinski definition) is 1. The zero-order valence-corrected chi connectivity index (χ0v) is 14.0. The molecular formula is C16H24N4S. The molecule has 1 N–H and O–H groups in total. The highest BCUT2D eigenvalue weighted by atomic mass is 32.1. The van der Waals surface area contributed by atoms with Gasteiger partial charge < -0.3 is 10.2 Å². The van der Waals surface area contributed by atoms with Gasteiger partial charge in [-0.25, -0.2) is 9.97 Å². The highest BCUT2D eigenvalue weighted by Gasteiger charge is 2.19. The van der Waals surface area contributed by atoms with Crippen molar-refractivity contribution >= 4 is 27.4 Å². The van der Waals surface area contributed by atoms with Crippen molar-refractivity contribution in [1.82, 2.24) is 14.9 Å². The number of aromatic nitrogens is 2. The number of nitrogens with zero attached hydrogens (tertiary/aromatic N) is 3. The molecule has 0 aromatic carbocycles. The summed E-state index contributed by atoms with van der Waals surface area (Å²) in [6.07, 6.45) is 7.17. The number of nitrogens with one attached hydrogen (secondary N) is 1. The van der Waals surface area contributed by atoms with Gasteiger partial charge in [0.05, 0.1) is 5.39 Å². The van der Waals surface area contributed by atoms with E-state index in [0.29, 0.717) is 0 Å². The number of thiophene rings is 1. The van der Waals surface area contributed by atoms with Crippen molar-refractivity contribution in [1.29, 1.82) is 0 Å². The fourth-order valence-corrected chi connectivity index (χ4v) is 4.19. The Bertz CT molecular complexity index is 616. The zero-order valence-electron chi connectivity index (χ0n) is 13.1. The highest BCUT2D eigenvalue weighted by Crippen LogP contribution is 2.32. The number of fused-ring (bicyclic) bond motifs is 1. The minimum Gasteiger partial charge on any atom is -0.368 e. The van der Waals surface area contributed by atoms with Crippen LogP contribution in [0.15, 0.2) is 6.33 Å². The van der Waals surface area contributed by atoms with Gasteiger partial charge in [0, 0.05) is 24.0 Å². The molecule has 0 spiro atoms. The molecule has 3 rings (SSSR count). The molecule has 2 aromatic rings. The van der Waals surface area contributed by atoms with Gasteiger partial charge in [-0.15, -0.1) is 11.3 Å². The molecule has 114 valence electrons. The summed E-state index contributed by atoms with van der Waals surface area (Å²) in [6, 6.07) is 0.780. The molecule has 0 unspecified atom stereocenters. The van der Waals surface area contributed by atoms with Crippen LogP contribution in [0.2, 0.25) is 0 Å². The summed E-state index contributed by atoms with van der Waals surface area (Å²) in [7, 11) is 2.24. The standard InChI is InChI=1S/C16H24N4S/c1-11-12(2)21-16-14(11)15(18-10-19-16)17-8-9-20(3)13-6-4-5-7-13/h10,13H,4-9H2,1-3H3,(H,17,18,19). The highest BCUT2D eigenvalue weighted by molar-refractivity contribution is 7.18. The average Bonchev–Trinajstić information content (AvgIpc) is 3.09. The maximum absolute atomic E-state index is 4.44. The van der Waals surface area contributed by atoms with E-state index in [0.717, 1.165) is 29.8 Å². The molecule has 1 saturated carbocycles. The van der Waals surface area contributed by atoms with Crippen LogP contribution in [0.4, 0.5) is 5.82 Å². The van der Waals surface area contributed by atoms with Gasteiger partial charge in [-0.2, -0.15) is 0 Å². The maximum Gasteiger partial charge on any atom is 0.138 e. The predicted octanol–water partition coefficient (Wildman–Crippen LogP) is 3.59. The van der Waals surface area contributed by atoms with E-state index in [9.17, 15) is 0 Å². The van der Waals surface area contributed by atoms with E-state index >= 15 is 0 Å². The van der Waals surface area contributed by atoms with Crippen LogP contribution < -0.4 is 5.32 Å². The topological polar surface area (TPSA) is 41.1 Å². The lowest BCUT2D eigenvalue weighted by atomic mass is 10.2. The summed E-state index contributed by atoms with van der Waals surface area (Å²) < 4.78 is 0. The minimum absolute atomic E-state index is 0.780. The van der Waals surface area contributed by atoms with Crippen LogP contribution in [-0.2, 0) is 0 Å². The van der Waals surface area contributed by atoms with Gasteiger partial charge in [0.15, 0.2) is 0 Å². The third-order valence-corrected chi connectivity index (χ3v) is 5.79. The van der Waals surface area contributed by atoms with Crippen LogP contribution in [-0.4, -0.2) is 41.0 Å². The van der Waals surface area contributed by atoms with Crippen molar-refractivity contribution in [3.8, 4) is 0 Å². The van der Waals surface area contributed by atoms with Crippen molar-refractivity contribution in [2.45, 2.75) is 45.6 Å². The minimum atomic E-state index is 0.780. The van der Waals surface area contributed by atoms with E-state index in [4.69, 9.17) is 0 Å². The van der Waals surface area contributed by atoms with Crippen LogP contribution in [0.5, 0.6) is 0 Å². The Labute approximate surface area is 130 Å². The summed E-state index contributed by atoms with van der Waals surface area (Å²) in [5.41, 5.74) is 1.31. The molecule has 2 aromatic heterocycles. The number of anilines is 1. The third-order valence-electron chi connectivity index (χ3n) is 4.67. The van der Waals surface area contributed by atoms with E-state index in [1.165, 1.54) is 41.5 Å². The molecule has 0 atom stereocenters. The van der Waals surface area contributed by atoms with Gasteiger partial charge in [0.1, 0.15) is 17.0 Å². The van der Waals surface area contributed by atoms with Crippen LogP contribution in [0.25, 0.3) is 10.2 Å². The maximum atomic E-state index is 4.44. The Morgan fingerprint density at radius 1 is 1.29 bits per heavy atom. The first-order valence-electron chi connectivity index (χ1n) is 7.81. The first-order valence-corrected chi connectivity index (χ1v) is 8.63. The molecule has 0 saturated heterocycles. The monoisotopic (exact) mass is 304 g/mol. The third kappa shape index (κ3) is 3.04. The lowest BCUT2D eigenvalue weighted by molar-refractivity contribution is 0.254. The fourth-order valence-electron chi connectivity index (χ4n) is 3.19. The van der Waals surface area contributed by atoms with Gasteiger partial charge in [0.25, 0.3) is 0 Å². The van der Waals surface area contributed by atoms with Gasteiger partial charge in [-0.3, -0.25) is 0 Å². The van der Waals surface area contributed by atoms with E-state index in [1.807, 2.05) is 0 Å². The van der Waals surface area contributed by atoms with E-state index in [1.54, 1.807) is 17.7 Å². The molecule has 1 fully saturated rings. The second-order valence-electron chi connectivity index (χ2n) is 6.03. The number of rotatable bonds is 5.